The molecule has 0 amide bonds. The van der Waals surface area contributed by atoms with E-state index < -0.39 is 0 Å². The molecule has 0 N–H and O–H groups in total. The maximum absolute atomic E-state index is 2.27. The van der Waals surface area contributed by atoms with Crippen molar-refractivity contribution in [3.63, 3.8) is 0 Å². The molecule has 0 aliphatic carbocycles. The predicted molar refractivity (Wildman–Crippen MR) is 43.3 cm³/mol. The lowest BCUT2D eigenvalue weighted by Gasteiger charge is -2.16. The molecule has 0 saturated carbocycles. The summed E-state index contributed by atoms with van der Waals surface area (Å²) < 4.78 is 0. The summed E-state index contributed by atoms with van der Waals surface area (Å²) in [7, 11) is 0. The zero-order chi connectivity index (χ0) is 7.28. The van der Waals surface area contributed by atoms with Gasteiger partial charge in [0.2, 0.25) is 0 Å². The third kappa shape index (κ3) is 3.56. The zero-order valence-electron chi connectivity index (χ0n) is 7.20. The number of hydrogen-bond acceptors (Lipinski definition) is 0. The highest BCUT2D eigenvalue weighted by Crippen LogP contribution is 2.21. The van der Waals surface area contributed by atoms with E-state index in [4.69, 9.17) is 0 Å². The molecule has 0 aliphatic heterocycles. The molecule has 0 heterocycles. The van der Waals surface area contributed by atoms with Gasteiger partial charge in [0.25, 0.3) is 0 Å². The maximum Gasteiger partial charge on any atom is -0.0272 e. The van der Waals surface area contributed by atoms with Crippen molar-refractivity contribution in [3.05, 3.63) is 5.92 Å². The van der Waals surface area contributed by atoms with Crippen LogP contribution in [0.1, 0.15) is 47.0 Å². The van der Waals surface area contributed by atoms with E-state index in [-0.39, 0.29) is 0 Å². The molecule has 0 saturated heterocycles. The Kier molecular flexibility index (Phi) is 4.84. The van der Waals surface area contributed by atoms with Crippen molar-refractivity contribution < 1.29 is 0 Å². The molecule has 0 aromatic heterocycles. The largest absolute Gasteiger partial charge is 0.0654 e. The van der Waals surface area contributed by atoms with E-state index in [9.17, 15) is 0 Å². The fraction of sp³-hybridized carbons (Fsp3) is 0.889. The summed E-state index contributed by atoms with van der Waals surface area (Å²) in [6.07, 6.45) is 4.01. The quantitative estimate of drug-likeness (QED) is 0.542. The van der Waals surface area contributed by atoms with Crippen molar-refractivity contribution in [3.8, 4) is 0 Å². The molecule has 0 fully saturated rings. The van der Waals surface area contributed by atoms with Crippen LogP contribution in [-0.4, -0.2) is 0 Å². The standard InChI is InChI=1S/C9H19/c1-5-7-9(6-2)8(3)4/h9H,5-7H2,1-4H3. The zero-order valence-corrected chi connectivity index (χ0v) is 7.20. The lowest BCUT2D eigenvalue weighted by atomic mass is 9.89. The van der Waals surface area contributed by atoms with E-state index >= 15 is 0 Å². The highest BCUT2D eigenvalue weighted by Gasteiger charge is 2.08. The highest BCUT2D eigenvalue weighted by atomic mass is 14.1. The fourth-order valence-corrected chi connectivity index (χ4v) is 1.25. The van der Waals surface area contributed by atoms with Gasteiger partial charge in [-0.1, -0.05) is 47.0 Å². The van der Waals surface area contributed by atoms with Crippen LogP contribution in [0.2, 0.25) is 0 Å². The normalized spacial score (nSPS) is 14.3. The van der Waals surface area contributed by atoms with Crippen molar-refractivity contribution in [2.45, 2.75) is 47.0 Å². The van der Waals surface area contributed by atoms with Gasteiger partial charge in [0.1, 0.15) is 0 Å². The van der Waals surface area contributed by atoms with E-state index in [0.717, 1.165) is 5.92 Å². The first kappa shape index (κ1) is 9.00. The van der Waals surface area contributed by atoms with Gasteiger partial charge in [-0.25, -0.2) is 0 Å². The SMILES string of the molecule is CCCC(CC)[C](C)C. The van der Waals surface area contributed by atoms with E-state index in [0.29, 0.717) is 0 Å². The first-order valence-electron chi connectivity index (χ1n) is 4.02. The molecule has 9 heavy (non-hydrogen) atoms. The monoisotopic (exact) mass is 127 g/mol. The molecule has 0 spiro atoms. The molecule has 0 aromatic rings. The maximum atomic E-state index is 2.27. The minimum Gasteiger partial charge on any atom is -0.0654 e. The van der Waals surface area contributed by atoms with Crippen molar-refractivity contribution in [2.75, 3.05) is 0 Å². The van der Waals surface area contributed by atoms with Gasteiger partial charge in [0.15, 0.2) is 0 Å². The topological polar surface area (TPSA) is 0 Å². The molecule has 1 radical (unpaired) electrons. The molecule has 0 aliphatic rings. The third-order valence-electron chi connectivity index (χ3n) is 1.95. The third-order valence-corrected chi connectivity index (χ3v) is 1.95. The van der Waals surface area contributed by atoms with Crippen LogP contribution in [0.5, 0.6) is 0 Å². The molecule has 0 heteroatoms. The molecular weight excluding hydrogens is 108 g/mol. The van der Waals surface area contributed by atoms with Crippen LogP contribution in [0, 0.1) is 11.8 Å². The summed E-state index contributed by atoms with van der Waals surface area (Å²) in [5, 5.41) is 0. The summed E-state index contributed by atoms with van der Waals surface area (Å²) >= 11 is 0. The van der Waals surface area contributed by atoms with Crippen LogP contribution in [0.4, 0.5) is 0 Å². The Morgan fingerprint density at radius 2 is 1.78 bits per heavy atom. The molecule has 0 nitrogen and oxygen atoms in total. The predicted octanol–water partition coefficient (Wildman–Crippen LogP) is 3.43. The molecular formula is C9H19. The highest BCUT2D eigenvalue weighted by molar-refractivity contribution is 4.85. The van der Waals surface area contributed by atoms with Crippen molar-refractivity contribution in [1.82, 2.24) is 0 Å². The van der Waals surface area contributed by atoms with E-state index in [1.807, 2.05) is 0 Å². The fourth-order valence-electron chi connectivity index (χ4n) is 1.25. The second-order valence-corrected chi connectivity index (χ2v) is 2.97. The van der Waals surface area contributed by atoms with Crippen molar-refractivity contribution in [1.29, 1.82) is 0 Å². The Morgan fingerprint density at radius 3 is 1.89 bits per heavy atom. The van der Waals surface area contributed by atoms with Gasteiger partial charge < -0.3 is 0 Å². The van der Waals surface area contributed by atoms with Gasteiger partial charge in [-0.05, 0) is 11.8 Å². The van der Waals surface area contributed by atoms with Crippen LogP contribution in [0.15, 0.2) is 0 Å². The average molecular weight is 127 g/mol. The lowest BCUT2D eigenvalue weighted by Crippen LogP contribution is -2.04. The van der Waals surface area contributed by atoms with Crippen LogP contribution in [-0.2, 0) is 0 Å². The average Bonchev–Trinajstić information content (AvgIpc) is 1.82. The summed E-state index contributed by atoms with van der Waals surface area (Å²) in [5.74, 6) is 2.48. The Labute approximate surface area is 59.7 Å². The molecule has 1 atom stereocenters. The Morgan fingerprint density at radius 1 is 1.22 bits per heavy atom. The smallest absolute Gasteiger partial charge is 0.0272 e. The van der Waals surface area contributed by atoms with Crippen molar-refractivity contribution >= 4 is 0 Å². The van der Waals surface area contributed by atoms with Crippen LogP contribution >= 0.6 is 0 Å². The van der Waals surface area contributed by atoms with E-state index in [1.54, 1.807) is 5.92 Å². The van der Waals surface area contributed by atoms with Crippen LogP contribution < -0.4 is 0 Å². The Bertz CT molecular complexity index is 55.1. The Hall–Kier alpha value is 0. The van der Waals surface area contributed by atoms with Crippen molar-refractivity contribution in [2.24, 2.45) is 5.92 Å². The molecule has 0 aromatic carbocycles. The van der Waals surface area contributed by atoms with Gasteiger partial charge in [-0.15, -0.1) is 0 Å². The molecule has 1 unspecified atom stereocenters. The first-order valence-corrected chi connectivity index (χ1v) is 4.02. The van der Waals surface area contributed by atoms with E-state index in [2.05, 4.69) is 27.7 Å². The summed E-state index contributed by atoms with van der Waals surface area (Å²) in [6, 6.07) is 0. The second-order valence-electron chi connectivity index (χ2n) is 2.97. The lowest BCUT2D eigenvalue weighted by molar-refractivity contribution is 0.483. The van der Waals surface area contributed by atoms with Gasteiger partial charge in [0.05, 0.1) is 0 Å². The summed E-state index contributed by atoms with van der Waals surface area (Å²) in [6.45, 7) is 9.01. The van der Waals surface area contributed by atoms with Gasteiger partial charge in [-0.2, -0.15) is 0 Å². The van der Waals surface area contributed by atoms with Crippen LogP contribution in [0.25, 0.3) is 0 Å². The number of rotatable bonds is 4. The molecule has 55 valence electrons. The van der Waals surface area contributed by atoms with Crippen LogP contribution in [0.3, 0.4) is 0 Å². The summed E-state index contributed by atoms with van der Waals surface area (Å²) in [4.78, 5) is 0. The first-order chi connectivity index (χ1) is 4.22. The number of hydrogen-bond donors (Lipinski definition) is 0. The molecule has 0 rings (SSSR count). The minimum atomic E-state index is 0.884. The molecule has 0 bridgehead atoms. The van der Waals surface area contributed by atoms with Gasteiger partial charge in [0, 0.05) is 0 Å². The second kappa shape index (κ2) is 4.84. The van der Waals surface area contributed by atoms with Gasteiger partial charge in [-0.3, -0.25) is 0 Å². The van der Waals surface area contributed by atoms with E-state index in [1.165, 1.54) is 19.3 Å². The minimum absolute atomic E-state index is 0.884. The summed E-state index contributed by atoms with van der Waals surface area (Å²) in [5.41, 5.74) is 0. The Balaban J connectivity index is 3.41. The van der Waals surface area contributed by atoms with Gasteiger partial charge >= 0.3 is 0 Å².